The second kappa shape index (κ2) is 9.25. The first kappa shape index (κ1) is 23.1. The monoisotopic (exact) mass is 489 g/mol. The summed E-state index contributed by atoms with van der Waals surface area (Å²) in [5, 5.41) is 7.79. The van der Waals surface area contributed by atoms with Crippen molar-refractivity contribution in [2.24, 2.45) is 5.92 Å². The van der Waals surface area contributed by atoms with Crippen molar-refractivity contribution in [2.75, 3.05) is 44.2 Å². The zero-order valence-corrected chi connectivity index (χ0v) is 19.8. The van der Waals surface area contributed by atoms with E-state index in [4.69, 9.17) is 0 Å². The highest BCUT2D eigenvalue weighted by Gasteiger charge is 2.51. The molecule has 11 heteroatoms. The molecule has 190 valence electrons. The molecule has 2 saturated carbocycles. The van der Waals surface area contributed by atoms with E-state index in [0.29, 0.717) is 38.4 Å². The van der Waals surface area contributed by atoms with Crippen LogP contribution in [-0.4, -0.2) is 96.3 Å². The molecule has 5 aliphatic rings. The van der Waals surface area contributed by atoms with Gasteiger partial charge in [-0.25, -0.2) is 14.4 Å². The van der Waals surface area contributed by atoms with Crippen molar-refractivity contribution in [3.05, 3.63) is 23.8 Å². The number of nitrogens with zero attached hydrogens (tertiary/aromatic N) is 4. The van der Waals surface area contributed by atoms with Gasteiger partial charge in [0.1, 0.15) is 17.9 Å². The van der Waals surface area contributed by atoms with Gasteiger partial charge < -0.3 is 15.5 Å². The topological polar surface area (TPSA) is 92.8 Å². The highest BCUT2D eigenvalue weighted by molar-refractivity contribution is 5.92. The van der Waals surface area contributed by atoms with Crippen LogP contribution in [0.4, 0.5) is 14.5 Å². The average molecular weight is 490 g/mol. The third kappa shape index (κ3) is 4.49. The van der Waals surface area contributed by atoms with Gasteiger partial charge in [0.2, 0.25) is 11.9 Å². The Bertz CT molecular complexity index is 985. The number of carbonyl (C=O) groups is 2. The molecule has 3 saturated heterocycles. The van der Waals surface area contributed by atoms with E-state index in [2.05, 4.69) is 25.9 Å². The third-order valence-corrected chi connectivity index (χ3v) is 8.24. The first-order valence-electron chi connectivity index (χ1n) is 12.9. The van der Waals surface area contributed by atoms with Crippen LogP contribution >= 0.6 is 0 Å². The predicted octanol–water partition coefficient (Wildman–Crippen LogP) is 0.429. The lowest BCUT2D eigenvalue weighted by Crippen LogP contribution is -2.70. The molecule has 3 N–H and O–H groups in total. The maximum absolute atomic E-state index is 15.6. The number of nitrogens with one attached hydrogen (secondary N) is 3. The third-order valence-electron chi connectivity index (χ3n) is 8.24. The van der Waals surface area contributed by atoms with Crippen molar-refractivity contribution in [2.45, 2.75) is 62.4 Å². The van der Waals surface area contributed by atoms with Gasteiger partial charge in [0, 0.05) is 57.3 Å². The molecule has 4 heterocycles. The van der Waals surface area contributed by atoms with Gasteiger partial charge in [-0.15, -0.1) is 0 Å². The Morgan fingerprint density at radius 2 is 1.91 bits per heavy atom. The number of halogens is 2. The minimum absolute atomic E-state index is 0.00750. The van der Waals surface area contributed by atoms with E-state index in [0.717, 1.165) is 38.6 Å². The zero-order valence-electron chi connectivity index (χ0n) is 19.8. The number of amides is 2. The van der Waals surface area contributed by atoms with E-state index in [9.17, 15) is 14.0 Å². The van der Waals surface area contributed by atoms with Gasteiger partial charge in [-0.2, -0.15) is 4.39 Å². The zero-order chi connectivity index (χ0) is 24.1. The van der Waals surface area contributed by atoms with Gasteiger partial charge >= 0.3 is 0 Å². The number of alkyl halides is 1. The molecule has 2 aliphatic carbocycles. The summed E-state index contributed by atoms with van der Waals surface area (Å²) in [6.07, 6.45) is 3.25. The Morgan fingerprint density at radius 1 is 1.11 bits per heavy atom. The van der Waals surface area contributed by atoms with Crippen LogP contribution in [0.1, 0.15) is 42.6 Å². The SMILES string of the molecule is O=C(NC1CC1)c1ccc(N2CCN(CC3CCC4C(NC(=O)C5CCNN54)C3F)CC2)c(F)n1. The Balaban J connectivity index is 1.03. The Hall–Kier alpha value is -2.37. The number of piperazine rings is 2. The van der Waals surface area contributed by atoms with Crippen LogP contribution in [-0.2, 0) is 4.79 Å². The number of pyridine rings is 1. The van der Waals surface area contributed by atoms with Gasteiger partial charge in [0.15, 0.2) is 0 Å². The molecule has 3 aliphatic heterocycles. The highest BCUT2D eigenvalue weighted by atomic mass is 19.1. The van der Waals surface area contributed by atoms with Crippen molar-refractivity contribution < 1.29 is 18.4 Å². The van der Waals surface area contributed by atoms with Crippen molar-refractivity contribution in [3.8, 4) is 0 Å². The van der Waals surface area contributed by atoms with Crippen molar-refractivity contribution >= 4 is 17.5 Å². The summed E-state index contributed by atoms with van der Waals surface area (Å²) < 4.78 is 30.3. The summed E-state index contributed by atoms with van der Waals surface area (Å²) in [7, 11) is 0. The normalized spacial score (nSPS) is 33.7. The fourth-order valence-electron chi connectivity index (χ4n) is 6.13. The average Bonchev–Trinajstić information content (AvgIpc) is 3.52. The van der Waals surface area contributed by atoms with Gasteiger partial charge in [-0.1, -0.05) is 0 Å². The molecule has 0 aromatic carbocycles. The highest BCUT2D eigenvalue weighted by Crippen LogP contribution is 2.35. The molecular formula is C24H33F2N7O2. The summed E-state index contributed by atoms with van der Waals surface area (Å²) in [6.45, 7) is 4.01. The van der Waals surface area contributed by atoms with E-state index >= 15 is 4.39 Å². The first-order valence-corrected chi connectivity index (χ1v) is 12.9. The molecule has 35 heavy (non-hydrogen) atoms. The molecule has 5 fully saturated rings. The number of hydrazine groups is 1. The van der Waals surface area contributed by atoms with E-state index in [1.54, 1.807) is 12.1 Å². The van der Waals surface area contributed by atoms with Crippen LogP contribution in [0.3, 0.4) is 0 Å². The largest absolute Gasteiger partial charge is 0.365 e. The van der Waals surface area contributed by atoms with E-state index in [-0.39, 0.29) is 41.6 Å². The molecule has 5 unspecified atom stereocenters. The fourth-order valence-corrected chi connectivity index (χ4v) is 6.13. The van der Waals surface area contributed by atoms with Crippen molar-refractivity contribution in [1.82, 2.24) is 31.0 Å². The number of hydrogen-bond donors (Lipinski definition) is 3. The maximum atomic E-state index is 15.6. The van der Waals surface area contributed by atoms with Crippen LogP contribution < -0.4 is 21.0 Å². The lowest BCUT2D eigenvalue weighted by Gasteiger charge is -2.49. The molecular weight excluding hydrogens is 456 g/mol. The molecule has 1 aromatic heterocycles. The summed E-state index contributed by atoms with van der Waals surface area (Å²) >= 11 is 0. The van der Waals surface area contributed by atoms with Crippen LogP contribution in [0.5, 0.6) is 0 Å². The lowest BCUT2D eigenvalue weighted by molar-refractivity contribution is -0.138. The second-order valence-corrected chi connectivity index (χ2v) is 10.5. The molecule has 1 aromatic rings. The summed E-state index contributed by atoms with van der Waals surface area (Å²) in [5.41, 5.74) is 3.78. The Kier molecular flexibility index (Phi) is 6.10. The van der Waals surface area contributed by atoms with Crippen LogP contribution in [0, 0.1) is 11.9 Å². The Morgan fingerprint density at radius 3 is 2.66 bits per heavy atom. The quantitative estimate of drug-likeness (QED) is 0.517. The number of carbonyl (C=O) groups excluding carboxylic acids is 2. The second-order valence-electron chi connectivity index (χ2n) is 10.5. The fraction of sp³-hybridized carbons (Fsp3) is 0.708. The van der Waals surface area contributed by atoms with Crippen molar-refractivity contribution in [1.29, 1.82) is 0 Å². The van der Waals surface area contributed by atoms with Crippen LogP contribution in [0.2, 0.25) is 0 Å². The first-order chi connectivity index (χ1) is 17.0. The molecule has 0 spiro atoms. The standard InChI is InChI=1S/C24H33F2N7O2/c25-20-14(1-5-17-21(20)30-24(35)19-7-8-27-33(17)19)13-31-9-11-32(12-10-31)18-6-4-16(29-22(18)26)23(34)28-15-2-3-15/h4,6,14-15,17,19-21,27H,1-3,5,7-13H2,(H,28,34)(H,30,35). The minimum Gasteiger partial charge on any atom is -0.365 e. The molecule has 0 bridgehead atoms. The van der Waals surface area contributed by atoms with Crippen LogP contribution in [0.15, 0.2) is 12.1 Å². The van der Waals surface area contributed by atoms with Gasteiger partial charge in [-0.3, -0.25) is 19.9 Å². The summed E-state index contributed by atoms with van der Waals surface area (Å²) in [5.74, 6) is -1.17. The molecule has 2 amide bonds. The number of aromatic nitrogens is 1. The number of fused-ring (bicyclic) bond motifs is 3. The van der Waals surface area contributed by atoms with Crippen LogP contribution in [0.25, 0.3) is 0 Å². The molecule has 9 nitrogen and oxygen atoms in total. The molecule has 6 rings (SSSR count). The van der Waals surface area contributed by atoms with Crippen molar-refractivity contribution in [3.63, 3.8) is 0 Å². The molecule has 5 atom stereocenters. The lowest BCUT2D eigenvalue weighted by atomic mass is 9.78. The maximum Gasteiger partial charge on any atom is 0.270 e. The summed E-state index contributed by atoms with van der Waals surface area (Å²) in [6, 6.07) is 2.76. The van der Waals surface area contributed by atoms with Gasteiger partial charge in [0.05, 0.1) is 11.7 Å². The predicted molar refractivity (Wildman–Crippen MR) is 125 cm³/mol. The number of anilines is 1. The number of hydrogen-bond acceptors (Lipinski definition) is 7. The van der Waals surface area contributed by atoms with Gasteiger partial charge in [0.25, 0.3) is 5.91 Å². The number of rotatable bonds is 5. The van der Waals surface area contributed by atoms with E-state index in [1.165, 1.54) is 0 Å². The Labute approximate surface area is 203 Å². The minimum atomic E-state index is -1.09. The van der Waals surface area contributed by atoms with E-state index < -0.39 is 18.2 Å². The summed E-state index contributed by atoms with van der Waals surface area (Å²) in [4.78, 5) is 32.6. The molecule has 0 radical (unpaired) electrons. The van der Waals surface area contributed by atoms with E-state index in [1.807, 2.05) is 9.91 Å². The van der Waals surface area contributed by atoms with Gasteiger partial charge in [-0.05, 0) is 44.2 Å². The smallest absolute Gasteiger partial charge is 0.270 e.